The average molecular weight is 197 g/mol. The molecule has 1 aliphatic rings. The van der Waals surface area contributed by atoms with Gasteiger partial charge in [0.1, 0.15) is 0 Å². The average Bonchev–Trinajstić information content (AvgIpc) is 2.50. The van der Waals surface area contributed by atoms with E-state index in [0.717, 1.165) is 31.6 Å². The van der Waals surface area contributed by atoms with Gasteiger partial charge in [0.2, 0.25) is 0 Å². The van der Waals surface area contributed by atoms with Gasteiger partial charge in [0.25, 0.3) is 0 Å². The van der Waals surface area contributed by atoms with Crippen LogP contribution in [0, 0.1) is 5.92 Å². The summed E-state index contributed by atoms with van der Waals surface area (Å²) in [7, 11) is 0. The van der Waals surface area contributed by atoms with E-state index in [0.29, 0.717) is 5.92 Å². The molecule has 0 saturated carbocycles. The van der Waals surface area contributed by atoms with Crippen LogP contribution < -0.4 is 0 Å². The van der Waals surface area contributed by atoms with Crippen LogP contribution in [-0.4, -0.2) is 35.6 Å². The molecule has 0 aliphatic carbocycles. The fourth-order valence-corrected chi connectivity index (χ4v) is 2.06. The molecule has 1 aliphatic heterocycles. The van der Waals surface area contributed by atoms with Gasteiger partial charge in [-0.1, -0.05) is 19.1 Å². The van der Waals surface area contributed by atoms with Gasteiger partial charge >= 0.3 is 5.97 Å². The van der Waals surface area contributed by atoms with E-state index < -0.39 is 5.97 Å². The lowest BCUT2D eigenvalue weighted by atomic mass is 9.98. The first-order valence-corrected chi connectivity index (χ1v) is 5.22. The maximum Gasteiger partial charge on any atom is 0.307 e. The zero-order valence-corrected chi connectivity index (χ0v) is 8.83. The van der Waals surface area contributed by atoms with Crippen LogP contribution in [0.4, 0.5) is 0 Å². The summed E-state index contributed by atoms with van der Waals surface area (Å²) in [6.07, 6.45) is 2.19. The summed E-state index contributed by atoms with van der Waals surface area (Å²) in [4.78, 5) is 12.8. The molecule has 1 N–H and O–H groups in total. The molecule has 3 heteroatoms. The van der Waals surface area contributed by atoms with Crippen LogP contribution in [0.15, 0.2) is 12.2 Å². The molecule has 1 saturated heterocycles. The van der Waals surface area contributed by atoms with Crippen LogP contribution in [0.3, 0.4) is 0 Å². The third-order valence-corrected chi connectivity index (χ3v) is 2.80. The van der Waals surface area contributed by atoms with Crippen molar-refractivity contribution < 1.29 is 9.90 Å². The minimum atomic E-state index is -0.764. The van der Waals surface area contributed by atoms with Crippen molar-refractivity contribution >= 4 is 5.97 Å². The number of carboxylic acids is 1. The first-order chi connectivity index (χ1) is 6.61. The molecule has 1 rings (SSSR count). The van der Waals surface area contributed by atoms with Crippen molar-refractivity contribution in [3.63, 3.8) is 0 Å². The fraction of sp³-hybridized carbons (Fsp3) is 0.727. The molecule has 0 aromatic heterocycles. The largest absolute Gasteiger partial charge is 0.481 e. The highest BCUT2D eigenvalue weighted by Gasteiger charge is 2.21. The monoisotopic (exact) mass is 197 g/mol. The maximum absolute atomic E-state index is 10.4. The molecule has 0 radical (unpaired) electrons. The summed E-state index contributed by atoms with van der Waals surface area (Å²) in [6.45, 7) is 9.33. The molecule has 1 fully saturated rings. The first-order valence-electron chi connectivity index (χ1n) is 5.22. The van der Waals surface area contributed by atoms with Gasteiger partial charge in [-0.05, 0) is 31.8 Å². The Labute approximate surface area is 85.4 Å². The second kappa shape index (κ2) is 5.15. The summed E-state index contributed by atoms with van der Waals surface area (Å²) in [5, 5.41) is 8.58. The quantitative estimate of drug-likeness (QED) is 0.683. The summed E-state index contributed by atoms with van der Waals surface area (Å²) < 4.78 is 0. The molecule has 0 spiro atoms. The highest BCUT2D eigenvalue weighted by atomic mass is 16.4. The van der Waals surface area contributed by atoms with Crippen molar-refractivity contribution in [3.05, 3.63) is 12.2 Å². The standard InChI is InChI=1S/C11H19NO2/c1-3-12-5-4-10(8-12)6-9(2)7-11(13)14/h10H,2-8H2,1H3,(H,13,14). The highest BCUT2D eigenvalue weighted by molar-refractivity contribution is 5.69. The third-order valence-electron chi connectivity index (χ3n) is 2.80. The lowest BCUT2D eigenvalue weighted by Crippen LogP contribution is -2.19. The van der Waals surface area contributed by atoms with E-state index in [2.05, 4.69) is 18.4 Å². The predicted molar refractivity (Wildman–Crippen MR) is 56.2 cm³/mol. The van der Waals surface area contributed by atoms with Crippen LogP contribution >= 0.6 is 0 Å². The van der Waals surface area contributed by atoms with Crippen LogP contribution in [0.2, 0.25) is 0 Å². The molecule has 0 aromatic carbocycles. The summed E-state index contributed by atoms with van der Waals surface area (Å²) in [6, 6.07) is 0. The number of carboxylic acid groups (broad SMARTS) is 1. The van der Waals surface area contributed by atoms with E-state index in [-0.39, 0.29) is 6.42 Å². The number of nitrogens with zero attached hydrogens (tertiary/aromatic N) is 1. The van der Waals surface area contributed by atoms with Crippen LogP contribution in [0.5, 0.6) is 0 Å². The van der Waals surface area contributed by atoms with Gasteiger partial charge in [0.05, 0.1) is 6.42 Å². The van der Waals surface area contributed by atoms with E-state index in [4.69, 9.17) is 5.11 Å². The normalized spacial score (nSPS) is 22.5. The smallest absolute Gasteiger partial charge is 0.307 e. The third kappa shape index (κ3) is 3.50. The molecule has 1 heterocycles. The molecule has 3 nitrogen and oxygen atoms in total. The van der Waals surface area contributed by atoms with Crippen molar-refractivity contribution in [2.45, 2.75) is 26.2 Å². The zero-order valence-electron chi connectivity index (χ0n) is 8.83. The minimum absolute atomic E-state index is 0.128. The van der Waals surface area contributed by atoms with Crippen LogP contribution in [0.25, 0.3) is 0 Å². The van der Waals surface area contributed by atoms with Gasteiger partial charge in [0.15, 0.2) is 0 Å². The molecule has 1 unspecified atom stereocenters. The summed E-state index contributed by atoms with van der Waals surface area (Å²) in [5.74, 6) is -0.137. The Hall–Kier alpha value is -0.830. The lowest BCUT2D eigenvalue weighted by molar-refractivity contribution is -0.136. The predicted octanol–water partition coefficient (Wildman–Crippen LogP) is 1.75. The van der Waals surface area contributed by atoms with E-state index >= 15 is 0 Å². The van der Waals surface area contributed by atoms with Crippen LogP contribution in [-0.2, 0) is 4.79 Å². The van der Waals surface area contributed by atoms with E-state index in [9.17, 15) is 4.79 Å². The first kappa shape index (κ1) is 11.2. The van der Waals surface area contributed by atoms with Crippen molar-refractivity contribution in [1.82, 2.24) is 4.90 Å². The van der Waals surface area contributed by atoms with Gasteiger partial charge < -0.3 is 10.0 Å². The Bertz CT molecular complexity index is 225. The molecule has 0 aromatic rings. The molecule has 0 amide bonds. The number of carbonyl (C=O) groups is 1. The Morgan fingerprint density at radius 2 is 2.36 bits per heavy atom. The Morgan fingerprint density at radius 1 is 1.64 bits per heavy atom. The molecular formula is C11H19NO2. The molecule has 1 atom stereocenters. The topological polar surface area (TPSA) is 40.5 Å². The van der Waals surface area contributed by atoms with E-state index in [1.807, 2.05) is 0 Å². The van der Waals surface area contributed by atoms with Crippen molar-refractivity contribution in [3.8, 4) is 0 Å². The number of likely N-dealkylation sites (tertiary alicyclic amines) is 1. The fourth-order valence-electron chi connectivity index (χ4n) is 2.06. The van der Waals surface area contributed by atoms with Gasteiger partial charge in [-0.25, -0.2) is 0 Å². The second-order valence-electron chi connectivity index (χ2n) is 4.07. The van der Waals surface area contributed by atoms with Gasteiger partial charge in [-0.2, -0.15) is 0 Å². The molecule has 14 heavy (non-hydrogen) atoms. The lowest BCUT2D eigenvalue weighted by Gasteiger charge is -2.13. The minimum Gasteiger partial charge on any atom is -0.481 e. The number of hydrogen-bond donors (Lipinski definition) is 1. The number of hydrogen-bond acceptors (Lipinski definition) is 2. The Kier molecular flexibility index (Phi) is 4.14. The van der Waals surface area contributed by atoms with Gasteiger partial charge in [-0.15, -0.1) is 0 Å². The van der Waals surface area contributed by atoms with Gasteiger partial charge in [0, 0.05) is 6.54 Å². The second-order valence-corrected chi connectivity index (χ2v) is 4.07. The highest BCUT2D eigenvalue weighted by Crippen LogP contribution is 2.23. The SMILES string of the molecule is C=C(CC(=O)O)CC1CCN(CC)C1. The molecule has 80 valence electrons. The van der Waals surface area contributed by atoms with Crippen molar-refractivity contribution in [1.29, 1.82) is 0 Å². The van der Waals surface area contributed by atoms with Crippen molar-refractivity contribution in [2.24, 2.45) is 5.92 Å². The zero-order chi connectivity index (χ0) is 10.6. The molecule has 0 bridgehead atoms. The maximum atomic E-state index is 10.4. The van der Waals surface area contributed by atoms with Crippen LogP contribution in [0.1, 0.15) is 26.2 Å². The van der Waals surface area contributed by atoms with E-state index in [1.165, 1.54) is 6.42 Å². The number of rotatable bonds is 5. The molecular weight excluding hydrogens is 178 g/mol. The van der Waals surface area contributed by atoms with Gasteiger partial charge in [-0.3, -0.25) is 4.79 Å². The van der Waals surface area contributed by atoms with E-state index in [1.54, 1.807) is 0 Å². The van der Waals surface area contributed by atoms with Crippen molar-refractivity contribution in [2.75, 3.05) is 19.6 Å². The Balaban J connectivity index is 2.25. The Morgan fingerprint density at radius 3 is 2.86 bits per heavy atom. The number of aliphatic carboxylic acids is 1. The summed E-state index contributed by atoms with van der Waals surface area (Å²) >= 11 is 0. The summed E-state index contributed by atoms with van der Waals surface area (Å²) in [5.41, 5.74) is 0.862.